The summed E-state index contributed by atoms with van der Waals surface area (Å²) in [5.41, 5.74) is 2.05. The SMILES string of the molecule is CN(CCc1ccccc1I)CC(=O)c1cccc(O[Si](C)(C)C(C)(C)C)c1. The Morgan fingerprint density at radius 1 is 1.11 bits per heavy atom. The van der Waals surface area contributed by atoms with E-state index < -0.39 is 8.32 Å². The molecule has 0 heterocycles. The molecule has 5 heteroatoms. The first kappa shape index (κ1) is 23.1. The highest BCUT2D eigenvalue weighted by Gasteiger charge is 2.39. The second-order valence-corrected chi connectivity index (χ2v) is 14.8. The van der Waals surface area contributed by atoms with Crippen LogP contribution in [0.1, 0.15) is 36.7 Å². The van der Waals surface area contributed by atoms with Crippen LogP contribution in [0.5, 0.6) is 5.75 Å². The van der Waals surface area contributed by atoms with Crippen LogP contribution < -0.4 is 4.43 Å². The smallest absolute Gasteiger partial charge is 0.250 e. The van der Waals surface area contributed by atoms with Crippen molar-refractivity contribution in [2.24, 2.45) is 0 Å². The topological polar surface area (TPSA) is 29.5 Å². The number of nitrogens with zero attached hydrogens (tertiary/aromatic N) is 1. The molecule has 0 saturated heterocycles. The van der Waals surface area contributed by atoms with Gasteiger partial charge in [-0.15, -0.1) is 0 Å². The van der Waals surface area contributed by atoms with Crippen molar-refractivity contribution in [3.8, 4) is 5.75 Å². The van der Waals surface area contributed by atoms with Gasteiger partial charge in [-0.25, -0.2) is 0 Å². The lowest BCUT2D eigenvalue weighted by Gasteiger charge is -2.36. The molecular formula is C23H32INO2Si. The van der Waals surface area contributed by atoms with E-state index in [1.54, 1.807) is 0 Å². The molecule has 0 spiro atoms. The minimum atomic E-state index is -1.91. The molecule has 2 aromatic rings. The predicted molar refractivity (Wildman–Crippen MR) is 129 cm³/mol. The maximum absolute atomic E-state index is 12.8. The number of halogens is 1. The molecule has 2 aromatic carbocycles. The molecule has 0 aromatic heterocycles. The van der Waals surface area contributed by atoms with Crippen LogP contribution in [0.4, 0.5) is 0 Å². The van der Waals surface area contributed by atoms with Gasteiger partial charge in [-0.05, 0) is 78.0 Å². The third-order valence-electron chi connectivity index (χ3n) is 5.47. The van der Waals surface area contributed by atoms with Crippen LogP contribution in [0.25, 0.3) is 0 Å². The summed E-state index contributed by atoms with van der Waals surface area (Å²) in [6.07, 6.45) is 0.942. The molecule has 0 aliphatic rings. The summed E-state index contributed by atoms with van der Waals surface area (Å²) in [4.78, 5) is 14.9. The Balaban J connectivity index is 1.98. The fourth-order valence-electron chi connectivity index (χ4n) is 2.61. The van der Waals surface area contributed by atoms with Gasteiger partial charge in [0.15, 0.2) is 5.78 Å². The fourth-order valence-corrected chi connectivity index (χ4v) is 4.29. The number of benzene rings is 2. The average molecular weight is 510 g/mol. The molecule has 0 atom stereocenters. The summed E-state index contributed by atoms with van der Waals surface area (Å²) >= 11 is 2.37. The lowest BCUT2D eigenvalue weighted by Crippen LogP contribution is -2.43. The van der Waals surface area contributed by atoms with E-state index in [0.717, 1.165) is 24.3 Å². The van der Waals surface area contributed by atoms with Crippen molar-refractivity contribution in [2.45, 2.75) is 45.3 Å². The van der Waals surface area contributed by atoms with Crippen LogP contribution in [0.15, 0.2) is 48.5 Å². The van der Waals surface area contributed by atoms with Crippen LogP contribution in [-0.2, 0) is 6.42 Å². The van der Waals surface area contributed by atoms with Crippen LogP contribution in [0.2, 0.25) is 18.1 Å². The Bertz CT molecular complexity index is 814. The third kappa shape index (κ3) is 6.42. The highest BCUT2D eigenvalue weighted by molar-refractivity contribution is 14.1. The van der Waals surface area contributed by atoms with E-state index in [2.05, 4.69) is 85.6 Å². The summed E-state index contributed by atoms with van der Waals surface area (Å²) in [7, 11) is 0.0902. The number of hydrogen-bond acceptors (Lipinski definition) is 3. The van der Waals surface area contributed by atoms with E-state index in [1.165, 1.54) is 9.13 Å². The molecule has 2 rings (SSSR count). The first-order valence-electron chi connectivity index (χ1n) is 9.74. The Hall–Kier alpha value is -1.18. The molecule has 0 bridgehead atoms. The van der Waals surface area contributed by atoms with Crippen molar-refractivity contribution in [1.29, 1.82) is 0 Å². The number of hydrogen-bond donors (Lipinski definition) is 0. The fraction of sp³-hybridized carbons (Fsp3) is 0.435. The number of carbonyl (C=O) groups excluding carboxylic acids is 1. The van der Waals surface area contributed by atoms with Gasteiger partial charge in [0, 0.05) is 15.7 Å². The molecule has 28 heavy (non-hydrogen) atoms. The van der Waals surface area contributed by atoms with E-state index in [-0.39, 0.29) is 10.8 Å². The van der Waals surface area contributed by atoms with Gasteiger partial charge in [0.2, 0.25) is 8.32 Å². The van der Waals surface area contributed by atoms with E-state index >= 15 is 0 Å². The normalized spacial score (nSPS) is 12.3. The van der Waals surface area contributed by atoms with Crippen molar-refractivity contribution in [3.63, 3.8) is 0 Å². The Kier molecular flexibility index (Phi) is 7.87. The highest BCUT2D eigenvalue weighted by atomic mass is 127. The van der Waals surface area contributed by atoms with E-state index in [9.17, 15) is 4.79 Å². The van der Waals surface area contributed by atoms with Gasteiger partial charge in [0.05, 0.1) is 6.54 Å². The maximum atomic E-state index is 12.8. The maximum Gasteiger partial charge on any atom is 0.250 e. The monoisotopic (exact) mass is 509 g/mol. The Morgan fingerprint density at radius 3 is 2.43 bits per heavy atom. The van der Waals surface area contributed by atoms with Crippen LogP contribution in [0.3, 0.4) is 0 Å². The summed E-state index contributed by atoms with van der Waals surface area (Å²) < 4.78 is 7.63. The summed E-state index contributed by atoms with van der Waals surface area (Å²) in [6.45, 7) is 12.4. The van der Waals surface area contributed by atoms with Gasteiger partial charge in [-0.3, -0.25) is 9.69 Å². The van der Waals surface area contributed by atoms with Gasteiger partial charge in [0.25, 0.3) is 0 Å². The molecule has 0 fully saturated rings. The number of rotatable bonds is 8. The zero-order chi connectivity index (χ0) is 20.9. The summed E-state index contributed by atoms with van der Waals surface area (Å²) in [5, 5.41) is 0.127. The lowest BCUT2D eigenvalue weighted by molar-refractivity contribution is 0.0946. The van der Waals surface area contributed by atoms with Crippen LogP contribution in [0, 0.1) is 3.57 Å². The summed E-state index contributed by atoms with van der Waals surface area (Å²) in [6, 6.07) is 16.0. The van der Waals surface area contributed by atoms with Crippen molar-refractivity contribution in [2.75, 3.05) is 20.1 Å². The highest BCUT2D eigenvalue weighted by Crippen LogP contribution is 2.37. The van der Waals surface area contributed by atoms with Crippen molar-refractivity contribution in [3.05, 3.63) is 63.2 Å². The minimum absolute atomic E-state index is 0.127. The number of Topliss-reactive ketones (excluding diaryl/α,β-unsaturated/α-hetero) is 1. The Morgan fingerprint density at radius 2 is 1.79 bits per heavy atom. The quantitative estimate of drug-likeness (QED) is 0.247. The van der Waals surface area contributed by atoms with Gasteiger partial charge in [-0.1, -0.05) is 51.1 Å². The van der Waals surface area contributed by atoms with E-state index in [0.29, 0.717) is 6.54 Å². The first-order valence-corrected chi connectivity index (χ1v) is 13.7. The second kappa shape index (κ2) is 9.54. The summed E-state index contributed by atoms with van der Waals surface area (Å²) in [5.74, 6) is 0.935. The number of likely N-dealkylation sites (N-methyl/N-ethyl adjacent to an activating group) is 1. The molecule has 0 saturated carbocycles. The molecule has 152 valence electrons. The number of ketones is 1. The third-order valence-corrected chi connectivity index (χ3v) is 10.9. The largest absolute Gasteiger partial charge is 0.543 e. The van der Waals surface area contributed by atoms with Crippen LogP contribution >= 0.6 is 22.6 Å². The Labute approximate surface area is 184 Å². The number of carbonyl (C=O) groups is 1. The lowest BCUT2D eigenvalue weighted by atomic mass is 10.1. The molecule has 0 amide bonds. The van der Waals surface area contributed by atoms with Crippen molar-refractivity contribution < 1.29 is 9.22 Å². The molecule has 0 radical (unpaired) electrons. The van der Waals surface area contributed by atoms with Gasteiger partial charge >= 0.3 is 0 Å². The first-order chi connectivity index (χ1) is 13.0. The van der Waals surface area contributed by atoms with E-state index in [1.807, 2.05) is 31.3 Å². The standard InChI is InChI=1S/C23H32INO2Si/c1-23(2,3)28(5,6)27-20-12-9-11-19(16-20)22(26)17-25(4)15-14-18-10-7-8-13-21(18)24/h7-13,16H,14-15,17H2,1-6H3. The van der Waals surface area contributed by atoms with E-state index in [4.69, 9.17) is 4.43 Å². The molecule has 0 aliphatic carbocycles. The predicted octanol–water partition coefficient (Wildman–Crippen LogP) is 6.03. The zero-order valence-corrected chi connectivity index (χ0v) is 21.0. The van der Waals surface area contributed by atoms with Crippen molar-refractivity contribution >= 4 is 36.7 Å². The average Bonchev–Trinajstić information content (AvgIpc) is 2.60. The molecule has 3 nitrogen and oxygen atoms in total. The molecule has 0 unspecified atom stereocenters. The molecular weight excluding hydrogens is 477 g/mol. The molecule has 0 N–H and O–H groups in total. The second-order valence-electron chi connectivity index (χ2n) is 8.89. The zero-order valence-electron chi connectivity index (χ0n) is 17.9. The van der Waals surface area contributed by atoms with Gasteiger partial charge in [0.1, 0.15) is 5.75 Å². The van der Waals surface area contributed by atoms with Crippen LogP contribution in [-0.4, -0.2) is 39.1 Å². The minimum Gasteiger partial charge on any atom is -0.543 e. The van der Waals surface area contributed by atoms with Gasteiger partial charge < -0.3 is 4.43 Å². The van der Waals surface area contributed by atoms with Crippen molar-refractivity contribution in [1.82, 2.24) is 4.90 Å². The van der Waals surface area contributed by atoms with Gasteiger partial charge in [-0.2, -0.15) is 0 Å². The molecule has 0 aliphatic heterocycles.